The number of carbonyl (C=O) groups excluding carboxylic acids is 1. The highest BCUT2D eigenvalue weighted by Crippen LogP contribution is 2.20. The molecule has 1 N–H and O–H groups in total. The number of hydrogen-bond acceptors (Lipinski definition) is 4. The summed E-state index contributed by atoms with van der Waals surface area (Å²) in [6, 6.07) is 12.7. The van der Waals surface area contributed by atoms with Crippen LogP contribution in [0.1, 0.15) is 37.0 Å². The monoisotopic (exact) mass is 390 g/mol. The molecule has 0 bridgehead atoms. The van der Waals surface area contributed by atoms with Crippen LogP contribution < -0.4 is 9.46 Å². The fourth-order valence-electron chi connectivity index (χ4n) is 2.71. The Labute approximate surface area is 161 Å². The molecule has 0 heterocycles. The van der Waals surface area contributed by atoms with Gasteiger partial charge in [-0.15, -0.1) is 0 Å². The number of benzene rings is 2. The molecule has 1 amide bonds. The van der Waals surface area contributed by atoms with E-state index < -0.39 is 10.0 Å². The third-order valence-electron chi connectivity index (χ3n) is 4.01. The van der Waals surface area contributed by atoms with Crippen molar-refractivity contribution < 1.29 is 17.9 Å². The average Bonchev–Trinajstić information content (AvgIpc) is 2.67. The van der Waals surface area contributed by atoms with Gasteiger partial charge < -0.3 is 9.64 Å². The summed E-state index contributed by atoms with van der Waals surface area (Å²) in [4.78, 5) is 14.5. The summed E-state index contributed by atoms with van der Waals surface area (Å²) in [5.41, 5.74) is 0.792. The van der Waals surface area contributed by atoms with Crippen molar-refractivity contribution in [1.82, 2.24) is 4.90 Å². The molecule has 0 aliphatic heterocycles. The number of hydrogen-bond donors (Lipinski definition) is 1. The third kappa shape index (κ3) is 5.47. The lowest BCUT2D eigenvalue weighted by atomic mass is 10.2. The zero-order valence-corrected chi connectivity index (χ0v) is 16.8. The van der Waals surface area contributed by atoms with Crippen LogP contribution in [0.5, 0.6) is 5.75 Å². The van der Waals surface area contributed by atoms with Gasteiger partial charge in [-0.1, -0.05) is 19.9 Å². The summed E-state index contributed by atoms with van der Waals surface area (Å²) < 4.78 is 33.0. The van der Waals surface area contributed by atoms with Crippen LogP contribution in [0.3, 0.4) is 0 Å². The van der Waals surface area contributed by atoms with Crippen molar-refractivity contribution in [2.24, 2.45) is 0 Å². The van der Waals surface area contributed by atoms with Crippen LogP contribution in [0, 0.1) is 0 Å². The van der Waals surface area contributed by atoms with Crippen molar-refractivity contribution in [3.8, 4) is 5.75 Å². The second-order valence-electron chi connectivity index (χ2n) is 6.15. The molecule has 146 valence electrons. The summed E-state index contributed by atoms with van der Waals surface area (Å²) in [7, 11) is -2.26. The first-order valence-electron chi connectivity index (χ1n) is 8.97. The minimum atomic E-state index is -3.80. The lowest BCUT2D eigenvalue weighted by Gasteiger charge is -2.21. The van der Waals surface area contributed by atoms with Crippen LogP contribution >= 0.6 is 0 Å². The van der Waals surface area contributed by atoms with E-state index in [1.54, 1.807) is 48.4 Å². The largest absolute Gasteiger partial charge is 0.497 e. The van der Waals surface area contributed by atoms with E-state index in [1.165, 1.54) is 12.1 Å². The van der Waals surface area contributed by atoms with Crippen LogP contribution in [0.25, 0.3) is 0 Å². The number of nitrogens with zero attached hydrogens (tertiary/aromatic N) is 1. The van der Waals surface area contributed by atoms with Crippen LogP contribution in [0.4, 0.5) is 5.69 Å². The van der Waals surface area contributed by atoms with Crippen molar-refractivity contribution in [3.05, 3.63) is 54.1 Å². The molecule has 0 aliphatic rings. The maximum Gasteiger partial charge on any atom is 0.261 e. The van der Waals surface area contributed by atoms with Crippen LogP contribution in [-0.2, 0) is 10.0 Å². The van der Waals surface area contributed by atoms with Gasteiger partial charge in [0, 0.05) is 24.3 Å². The third-order valence-corrected chi connectivity index (χ3v) is 5.39. The van der Waals surface area contributed by atoms with E-state index in [2.05, 4.69) is 4.72 Å². The number of sulfonamides is 1. The first kappa shape index (κ1) is 20.8. The van der Waals surface area contributed by atoms with Crippen molar-refractivity contribution in [1.29, 1.82) is 0 Å². The molecule has 0 unspecified atom stereocenters. The van der Waals surface area contributed by atoms with Crippen molar-refractivity contribution in [2.75, 3.05) is 24.9 Å². The maximum atomic E-state index is 12.7. The highest BCUT2D eigenvalue weighted by molar-refractivity contribution is 7.92. The number of nitrogens with one attached hydrogen (secondary N) is 1. The van der Waals surface area contributed by atoms with Gasteiger partial charge in [0.05, 0.1) is 12.0 Å². The quantitative estimate of drug-likeness (QED) is 0.707. The summed E-state index contributed by atoms with van der Waals surface area (Å²) in [6.07, 6.45) is 1.70. The first-order chi connectivity index (χ1) is 12.9. The number of ether oxygens (including phenoxy) is 1. The van der Waals surface area contributed by atoms with Gasteiger partial charge in [0.1, 0.15) is 5.75 Å². The van der Waals surface area contributed by atoms with Crippen molar-refractivity contribution in [3.63, 3.8) is 0 Å². The van der Waals surface area contributed by atoms with Crippen molar-refractivity contribution in [2.45, 2.75) is 31.6 Å². The first-order valence-corrected chi connectivity index (χ1v) is 10.5. The number of amides is 1. The number of anilines is 1. The van der Waals surface area contributed by atoms with E-state index in [0.29, 0.717) is 30.1 Å². The summed E-state index contributed by atoms with van der Waals surface area (Å²) in [5.74, 6) is 0.484. The van der Waals surface area contributed by atoms with E-state index in [9.17, 15) is 13.2 Å². The summed E-state index contributed by atoms with van der Waals surface area (Å²) in [5, 5.41) is 0. The Morgan fingerprint density at radius 1 is 1.04 bits per heavy atom. The predicted octanol–water partition coefficient (Wildman–Crippen LogP) is 3.76. The second kappa shape index (κ2) is 9.41. The molecule has 0 spiro atoms. The van der Waals surface area contributed by atoms with E-state index >= 15 is 0 Å². The average molecular weight is 391 g/mol. The number of carbonyl (C=O) groups is 1. The molecule has 7 heteroatoms. The zero-order chi connectivity index (χ0) is 19.9. The predicted molar refractivity (Wildman–Crippen MR) is 107 cm³/mol. The van der Waals surface area contributed by atoms with E-state index in [0.717, 1.165) is 12.8 Å². The van der Waals surface area contributed by atoms with E-state index in [-0.39, 0.29) is 10.8 Å². The Morgan fingerprint density at radius 2 is 1.67 bits per heavy atom. The van der Waals surface area contributed by atoms with E-state index in [1.807, 2.05) is 13.8 Å². The molecule has 27 heavy (non-hydrogen) atoms. The molecular formula is C20H26N2O4S. The second-order valence-corrected chi connectivity index (χ2v) is 7.84. The maximum absolute atomic E-state index is 12.7. The lowest BCUT2D eigenvalue weighted by Crippen LogP contribution is -2.32. The van der Waals surface area contributed by atoms with Gasteiger partial charge in [0.15, 0.2) is 0 Å². The summed E-state index contributed by atoms with van der Waals surface area (Å²) in [6.45, 7) is 5.31. The van der Waals surface area contributed by atoms with Gasteiger partial charge in [-0.25, -0.2) is 8.42 Å². The van der Waals surface area contributed by atoms with Gasteiger partial charge in [-0.2, -0.15) is 0 Å². The molecule has 0 aromatic heterocycles. The highest BCUT2D eigenvalue weighted by atomic mass is 32.2. The smallest absolute Gasteiger partial charge is 0.261 e. The molecular weight excluding hydrogens is 364 g/mol. The topological polar surface area (TPSA) is 75.7 Å². The Morgan fingerprint density at radius 3 is 2.22 bits per heavy atom. The van der Waals surface area contributed by atoms with Gasteiger partial charge in [-0.05, 0) is 55.3 Å². The zero-order valence-electron chi connectivity index (χ0n) is 15.9. The molecule has 0 saturated carbocycles. The molecule has 2 aromatic rings. The fourth-order valence-corrected chi connectivity index (χ4v) is 3.81. The number of rotatable bonds is 9. The molecule has 6 nitrogen and oxygen atoms in total. The molecule has 2 rings (SSSR count). The Balaban J connectivity index is 2.24. The molecule has 0 fully saturated rings. The molecule has 0 aliphatic carbocycles. The Bertz CT molecular complexity index is 858. The molecule has 0 radical (unpaired) electrons. The van der Waals surface area contributed by atoms with Gasteiger partial charge in [0.2, 0.25) is 0 Å². The van der Waals surface area contributed by atoms with E-state index in [4.69, 9.17) is 4.74 Å². The van der Waals surface area contributed by atoms with Gasteiger partial charge in [0.25, 0.3) is 15.9 Å². The van der Waals surface area contributed by atoms with Gasteiger partial charge in [-0.3, -0.25) is 9.52 Å². The van der Waals surface area contributed by atoms with Crippen molar-refractivity contribution >= 4 is 21.6 Å². The molecule has 0 atom stereocenters. The molecule has 2 aromatic carbocycles. The number of methoxy groups -OCH3 is 1. The Hall–Kier alpha value is -2.54. The van der Waals surface area contributed by atoms with Crippen LogP contribution in [0.15, 0.2) is 53.4 Å². The van der Waals surface area contributed by atoms with Crippen LogP contribution in [-0.4, -0.2) is 39.4 Å². The fraction of sp³-hybridized carbons (Fsp3) is 0.350. The minimum Gasteiger partial charge on any atom is -0.497 e. The normalized spacial score (nSPS) is 11.1. The highest BCUT2D eigenvalue weighted by Gasteiger charge is 2.19. The SMILES string of the molecule is CCCN(CCC)C(=O)c1cccc(S(=O)(=O)Nc2ccc(OC)cc2)c1. The van der Waals surface area contributed by atoms with Crippen LogP contribution in [0.2, 0.25) is 0 Å². The summed E-state index contributed by atoms with van der Waals surface area (Å²) >= 11 is 0. The standard InChI is InChI=1S/C20H26N2O4S/c1-4-13-22(14-5-2)20(23)16-7-6-8-19(15-16)27(24,25)21-17-9-11-18(26-3)12-10-17/h6-12,15,21H,4-5,13-14H2,1-3H3. The Kier molecular flexibility index (Phi) is 7.24. The lowest BCUT2D eigenvalue weighted by molar-refractivity contribution is 0.0755. The molecule has 0 saturated heterocycles. The minimum absolute atomic E-state index is 0.0529. The van der Waals surface area contributed by atoms with Gasteiger partial charge >= 0.3 is 0 Å².